The second-order valence-corrected chi connectivity index (χ2v) is 6.68. The molecule has 0 N–H and O–H groups in total. The summed E-state index contributed by atoms with van der Waals surface area (Å²) in [5, 5.41) is 0.754. The van der Waals surface area contributed by atoms with Gasteiger partial charge in [0.05, 0.1) is 0 Å². The largest absolute Gasteiger partial charge is 0.322 e. The molecule has 2 aromatic carbocycles. The van der Waals surface area contributed by atoms with E-state index in [-0.39, 0.29) is 11.3 Å². The van der Waals surface area contributed by atoms with Gasteiger partial charge in [-0.3, -0.25) is 4.79 Å². The van der Waals surface area contributed by atoms with Gasteiger partial charge in [-0.05, 0) is 29.3 Å². The van der Waals surface area contributed by atoms with Gasteiger partial charge in [-0.1, -0.05) is 54.1 Å². The fourth-order valence-corrected chi connectivity index (χ4v) is 3.91. The molecule has 2 aromatic rings. The minimum atomic E-state index is 0.0406. The first-order valence-electron chi connectivity index (χ1n) is 7.15. The molecule has 0 bridgehead atoms. The molecule has 0 spiro atoms. The van der Waals surface area contributed by atoms with E-state index in [4.69, 9.17) is 11.6 Å². The van der Waals surface area contributed by atoms with Crippen LogP contribution in [0, 0.1) is 0 Å². The maximum atomic E-state index is 12.5. The summed E-state index contributed by atoms with van der Waals surface area (Å²) in [6.07, 6.45) is 3.51. The molecule has 0 saturated carbocycles. The highest BCUT2D eigenvalue weighted by atomic mass is 35.5. The summed E-state index contributed by atoms with van der Waals surface area (Å²) in [5.41, 5.74) is 2.11. The molecule has 0 aromatic heterocycles. The molecule has 1 saturated heterocycles. The van der Waals surface area contributed by atoms with Crippen LogP contribution in [0.4, 0.5) is 0 Å². The van der Waals surface area contributed by atoms with Gasteiger partial charge in [0.1, 0.15) is 5.37 Å². The molecule has 1 aliphatic rings. The average Bonchev–Trinajstić information content (AvgIpc) is 3.03. The number of amides is 1. The van der Waals surface area contributed by atoms with Crippen molar-refractivity contribution >= 4 is 35.3 Å². The van der Waals surface area contributed by atoms with Gasteiger partial charge in [-0.25, -0.2) is 0 Å². The third-order valence-corrected chi connectivity index (χ3v) is 5.02. The molecule has 1 heterocycles. The minimum absolute atomic E-state index is 0.0406. The Morgan fingerprint density at radius 3 is 2.77 bits per heavy atom. The lowest BCUT2D eigenvalue weighted by atomic mass is 10.2. The fraction of sp³-hybridized carbons (Fsp3) is 0.167. The number of hydrogen-bond donors (Lipinski definition) is 0. The van der Waals surface area contributed by atoms with Crippen molar-refractivity contribution in [3.8, 4) is 0 Å². The number of halogens is 1. The lowest BCUT2D eigenvalue weighted by Crippen LogP contribution is -2.28. The van der Waals surface area contributed by atoms with E-state index in [0.29, 0.717) is 5.02 Å². The van der Waals surface area contributed by atoms with Gasteiger partial charge in [0, 0.05) is 23.4 Å². The maximum Gasteiger partial charge on any atom is 0.247 e. The highest BCUT2D eigenvalue weighted by molar-refractivity contribution is 7.99. The minimum Gasteiger partial charge on any atom is -0.322 e. The standard InChI is InChI=1S/C18H16ClNOS/c19-16-8-4-7-15(13-16)18-20(11-12-22-18)17(21)10-9-14-5-2-1-3-6-14/h1-10,13,18H,11-12H2/b10-9+/t18-/m1/s1. The summed E-state index contributed by atoms with van der Waals surface area (Å²) >= 11 is 7.84. The van der Waals surface area contributed by atoms with E-state index in [1.165, 1.54) is 0 Å². The lowest BCUT2D eigenvalue weighted by molar-refractivity contribution is -0.126. The molecule has 1 amide bonds. The summed E-state index contributed by atoms with van der Waals surface area (Å²) in [6, 6.07) is 17.6. The summed E-state index contributed by atoms with van der Waals surface area (Å²) in [5.74, 6) is 0.987. The summed E-state index contributed by atoms with van der Waals surface area (Å²) in [4.78, 5) is 14.4. The number of rotatable bonds is 3. The van der Waals surface area contributed by atoms with Crippen LogP contribution < -0.4 is 0 Å². The van der Waals surface area contributed by atoms with E-state index in [9.17, 15) is 4.79 Å². The Labute approximate surface area is 139 Å². The Morgan fingerprint density at radius 2 is 2.00 bits per heavy atom. The number of nitrogens with zero attached hydrogens (tertiary/aromatic N) is 1. The first kappa shape index (κ1) is 15.2. The van der Waals surface area contributed by atoms with Crippen molar-refractivity contribution in [2.24, 2.45) is 0 Å². The topological polar surface area (TPSA) is 20.3 Å². The zero-order valence-corrected chi connectivity index (χ0v) is 13.6. The Balaban J connectivity index is 1.75. The number of hydrogen-bond acceptors (Lipinski definition) is 2. The molecule has 4 heteroatoms. The van der Waals surface area contributed by atoms with Gasteiger partial charge in [0.15, 0.2) is 0 Å². The molecule has 3 rings (SSSR count). The van der Waals surface area contributed by atoms with Gasteiger partial charge in [-0.15, -0.1) is 11.8 Å². The van der Waals surface area contributed by atoms with E-state index in [1.54, 1.807) is 17.8 Å². The Bertz CT molecular complexity index is 686. The Morgan fingerprint density at radius 1 is 1.18 bits per heavy atom. The van der Waals surface area contributed by atoms with Gasteiger partial charge in [0.2, 0.25) is 5.91 Å². The molecule has 22 heavy (non-hydrogen) atoms. The van der Waals surface area contributed by atoms with Crippen LogP contribution in [0.25, 0.3) is 6.08 Å². The van der Waals surface area contributed by atoms with Gasteiger partial charge < -0.3 is 4.90 Å². The average molecular weight is 330 g/mol. The number of carbonyl (C=O) groups is 1. The van der Waals surface area contributed by atoms with Crippen molar-refractivity contribution in [3.63, 3.8) is 0 Å². The molecule has 112 valence electrons. The Hall–Kier alpha value is -1.71. The highest BCUT2D eigenvalue weighted by Gasteiger charge is 2.29. The van der Waals surface area contributed by atoms with E-state index < -0.39 is 0 Å². The molecular weight excluding hydrogens is 314 g/mol. The van der Waals surface area contributed by atoms with Gasteiger partial charge in [0.25, 0.3) is 0 Å². The van der Waals surface area contributed by atoms with Crippen LogP contribution in [0.2, 0.25) is 5.02 Å². The van der Waals surface area contributed by atoms with E-state index in [0.717, 1.165) is 23.4 Å². The van der Waals surface area contributed by atoms with Crippen molar-refractivity contribution in [3.05, 3.63) is 76.8 Å². The van der Waals surface area contributed by atoms with Crippen LogP contribution in [-0.4, -0.2) is 23.1 Å². The van der Waals surface area contributed by atoms with E-state index in [2.05, 4.69) is 0 Å². The molecule has 1 atom stereocenters. The van der Waals surface area contributed by atoms with Gasteiger partial charge in [-0.2, -0.15) is 0 Å². The van der Waals surface area contributed by atoms with Crippen LogP contribution in [0.1, 0.15) is 16.5 Å². The second kappa shape index (κ2) is 7.03. The fourth-order valence-electron chi connectivity index (χ4n) is 2.46. The van der Waals surface area contributed by atoms with Crippen LogP contribution in [-0.2, 0) is 4.79 Å². The molecule has 2 nitrogen and oxygen atoms in total. The van der Waals surface area contributed by atoms with Crippen molar-refractivity contribution in [2.45, 2.75) is 5.37 Å². The molecule has 0 radical (unpaired) electrons. The van der Waals surface area contributed by atoms with Crippen molar-refractivity contribution < 1.29 is 4.79 Å². The number of thioether (sulfide) groups is 1. The van der Waals surface area contributed by atoms with Crippen LogP contribution in [0.3, 0.4) is 0 Å². The highest BCUT2D eigenvalue weighted by Crippen LogP contribution is 2.38. The SMILES string of the molecule is O=C(/C=C/c1ccccc1)N1CCS[C@@H]1c1cccc(Cl)c1. The lowest BCUT2D eigenvalue weighted by Gasteiger charge is -2.23. The third kappa shape index (κ3) is 3.54. The molecule has 1 fully saturated rings. The quantitative estimate of drug-likeness (QED) is 0.765. The van der Waals surface area contributed by atoms with E-state index >= 15 is 0 Å². The normalized spacial score (nSPS) is 18.0. The number of benzene rings is 2. The van der Waals surface area contributed by atoms with Crippen molar-refractivity contribution in [1.29, 1.82) is 0 Å². The first-order valence-corrected chi connectivity index (χ1v) is 8.57. The van der Waals surface area contributed by atoms with Crippen LogP contribution in [0.5, 0.6) is 0 Å². The van der Waals surface area contributed by atoms with Crippen LogP contribution >= 0.6 is 23.4 Å². The van der Waals surface area contributed by atoms with Gasteiger partial charge >= 0.3 is 0 Å². The third-order valence-electron chi connectivity index (χ3n) is 3.53. The second-order valence-electron chi connectivity index (χ2n) is 5.05. The molecular formula is C18H16ClNOS. The maximum absolute atomic E-state index is 12.5. The number of carbonyl (C=O) groups excluding carboxylic acids is 1. The zero-order valence-electron chi connectivity index (χ0n) is 12.0. The molecule has 1 aliphatic heterocycles. The Kier molecular flexibility index (Phi) is 4.86. The zero-order chi connectivity index (χ0) is 15.4. The van der Waals surface area contributed by atoms with Crippen LogP contribution in [0.15, 0.2) is 60.7 Å². The van der Waals surface area contributed by atoms with E-state index in [1.807, 2.05) is 65.6 Å². The van der Waals surface area contributed by atoms with Crippen molar-refractivity contribution in [2.75, 3.05) is 12.3 Å². The predicted molar refractivity (Wildman–Crippen MR) is 93.8 cm³/mol. The predicted octanol–water partition coefficient (Wildman–Crippen LogP) is 4.63. The monoisotopic (exact) mass is 329 g/mol. The summed E-state index contributed by atoms with van der Waals surface area (Å²) < 4.78 is 0. The molecule has 0 unspecified atom stereocenters. The first-order chi connectivity index (χ1) is 10.7. The smallest absolute Gasteiger partial charge is 0.247 e. The molecule has 0 aliphatic carbocycles. The summed E-state index contributed by atoms with van der Waals surface area (Å²) in [7, 11) is 0. The summed E-state index contributed by atoms with van der Waals surface area (Å²) in [6.45, 7) is 0.764. The van der Waals surface area contributed by atoms with Crippen molar-refractivity contribution in [1.82, 2.24) is 4.90 Å².